The summed E-state index contributed by atoms with van der Waals surface area (Å²) >= 11 is 12.6. The van der Waals surface area contributed by atoms with Gasteiger partial charge in [-0.15, -0.1) is 0 Å². The zero-order valence-electron chi connectivity index (χ0n) is 20.1. The van der Waals surface area contributed by atoms with Crippen LogP contribution in [0, 0.1) is 17.0 Å². The molecule has 0 radical (unpaired) electrons. The first-order chi connectivity index (χ1) is 18.5. The third kappa shape index (κ3) is 6.22. The lowest BCUT2D eigenvalue weighted by molar-refractivity contribution is -0.384. The molecule has 1 heterocycles. The standard InChI is InChI=1S/C26H18Cl2N4O7/c1-14-3-2-4-16(9-14)29-22(33)13-39-23-20(27)11-15(12-21(23)28)10-19-24(34)30-26(36)31(25(19)35)17-5-7-18(8-6-17)32(37)38/h2-12H,13H2,1H3,(H,29,33)(H,30,34,36)/b19-10-. The first-order valence-electron chi connectivity index (χ1n) is 11.2. The summed E-state index contributed by atoms with van der Waals surface area (Å²) in [6.45, 7) is 1.50. The number of nitrogens with one attached hydrogen (secondary N) is 2. The highest BCUT2D eigenvalue weighted by Gasteiger charge is 2.37. The molecule has 0 atom stereocenters. The van der Waals surface area contributed by atoms with Gasteiger partial charge in [0.15, 0.2) is 12.4 Å². The van der Waals surface area contributed by atoms with E-state index in [9.17, 15) is 29.3 Å². The number of nitro groups is 1. The second kappa shape index (κ2) is 11.3. The van der Waals surface area contributed by atoms with Crippen LogP contribution in [0.2, 0.25) is 10.0 Å². The minimum absolute atomic E-state index is 0.00433. The van der Waals surface area contributed by atoms with Crippen LogP contribution in [0.5, 0.6) is 5.75 Å². The third-order valence-electron chi connectivity index (χ3n) is 5.40. The van der Waals surface area contributed by atoms with E-state index in [1.54, 1.807) is 18.2 Å². The Morgan fingerprint density at radius 1 is 1.08 bits per heavy atom. The molecule has 4 rings (SSSR count). The van der Waals surface area contributed by atoms with Crippen molar-refractivity contribution in [1.82, 2.24) is 5.32 Å². The molecule has 11 nitrogen and oxygen atoms in total. The van der Waals surface area contributed by atoms with Crippen LogP contribution in [-0.2, 0) is 14.4 Å². The molecular weight excluding hydrogens is 551 g/mol. The summed E-state index contributed by atoms with van der Waals surface area (Å²) < 4.78 is 5.49. The van der Waals surface area contributed by atoms with Crippen LogP contribution in [-0.4, -0.2) is 35.3 Å². The molecule has 2 N–H and O–H groups in total. The van der Waals surface area contributed by atoms with E-state index < -0.39 is 34.2 Å². The predicted octanol–water partition coefficient (Wildman–Crippen LogP) is 4.89. The number of barbiturate groups is 1. The largest absolute Gasteiger partial charge is 0.481 e. The van der Waals surface area contributed by atoms with Crippen molar-refractivity contribution in [3.63, 3.8) is 0 Å². The Labute approximate surface area is 231 Å². The molecule has 0 aliphatic carbocycles. The Morgan fingerprint density at radius 2 is 1.74 bits per heavy atom. The van der Waals surface area contributed by atoms with Crippen LogP contribution in [0.3, 0.4) is 0 Å². The van der Waals surface area contributed by atoms with E-state index in [1.165, 1.54) is 30.3 Å². The number of aryl methyl sites for hydroxylation is 1. The molecule has 3 aromatic carbocycles. The summed E-state index contributed by atoms with van der Waals surface area (Å²) in [7, 11) is 0. The van der Waals surface area contributed by atoms with Gasteiger partial charge in [0.1, 0.15) is 5.57 Å². The fourth-order valence-corrected chi connectivity index (χ4v) is 4.25. The van der Waals surface area contributed by atoms with Gasteiger partial charge in [0.05, 0.1) is 20.7 Å². The van der Waals surface area contributed by atoms with Crippen molar-refractivity contribution in [2.75, 3.05) is 16.8 Å². The second-order valence-corrected chi connectivity index (χ2v) is 9.07. The lowest BCUT2D eigenvalue weighted by atomic mass is 10.1. The number of nitro benzene ring substituents is 1. The maximum absolute atomic E-state index is 13.1. The summed E-state index contributed by atoms with van der Waals surface area (Å²) in [6.07, 6.45) is 1.18. The van der Waals surface area contributed by atoms with E-state index in [1.807, 2.05) is 13.0 Å². The number of carbonyl (C=O) groups excluding carboxylic acids is 4. The number of anilines is 2. The van der Waals surface area contributed by atoms with Gasteiger partial charge in [0.2, 0.25) is 0 Å². The van der Waals surface area contributed by atoms with Crippen molar-refractivity contribution in [1.29, 1.82) is 0 Å². The van der Waals surface area contributed by atoms with Crippen molar-refractivity contribution in [3.05, 3.63) is 97.5 Å². The molecule has 13 heteroatoms. The van der Waals surface area contributed by atoms with Crippen molar-refractivity contribution < 1.29 is 28.8 Å². The van der Waals surface area contributed by atoms with Gasteiger partial charge in [-0.3, -0.25) is 29.8 Å². The number of hydrogen-bond acceptors (Lipinski definition) is 7. The maximum Gasteiger partial charge on any atom is 0.335 e. The number of nitrogens with zero attached hydrogens (tertiary/aromatic N) is 2. The molecule has 0 unspecified atom stereocenters. The topological polar surface area (TPSA) is 148 Å². The number of amides is 5. The number of carbonyl (C=O) groups is 4. The van der Waals surface area contributed by atoms with Crippen LogP contribution < -0.4 is 20.3 Å². The summed E-state index contributed by atoms with van der Waals surface area (Å²) in [5, 5.41) is 15.6. The summed E-state index contributed by atoms with van der Waals surface area (Å²) in [5.41, 5.74) is 1.17. The number of halogens is 2. The van der Waals surface area contributed by atoms with E-state index in [4.69, 9.17) is 27.9 Å². The zero-order chi connectivity index (χ0) is 28.3. The highest BCUT2D eigenvalue weighted by atomic mass is 35.5. The van der Waals surface area contributed by atoms with Gasteiger partial charge in [0.25, 0.3) is 23.4 Å². The monoisotopic (exact) mass is 568 g/mol. The van der Waals surface area contributed by atoms with Crippen LogP contribution >= 0.6 is 23.2 Å². The SMILES string of the molecule is Cc1cccc(NC(=O)COc2c(Cl)cc(/C=C3/C(=O)NC(=O)N(c4ccc([N+](=O)[O-])cc4)C3=O)cc2Cl)c1. The molecule has 198 valence electrons. The lowest BCUT2D eigenvalue weighted by Crippen LogP contribution is -2.54. The number of ether oxygens (including phenoxy) is 1. The van der Waals surface area contributed by atoms with Crippen molar-refractivity contribution in [2.24, 2.45) is 0 Å². The Balaban J connectivity index is 1.52. The minimum Gasteiger partial charge on any atom is -0.481 e. The van der Waals surface area contributed by atoms with Gasteiger partial charge < -0.3 is 10.1 Å². The van der Waals surface area contributed by atoms with Crippen molar-refractivity contribution in [3.8, 4) is 5.75 Å². The molecule has 3 aromatic rings. The van der Waals surface area contributed by atoms with E-state index in [0.717, 1.165) is 17.7 Å². The third-order valence-corrected chi connectivity index (χ3v) is 5.96. The second-order valence-electron chi connectivity index (χ2n) is 8.25. The molecule has 0 saturated carbocycles. The molecule has 1 fully saturated rings. The van der Waals surface area contributed by atoms with E-state index in [0.29, 0.717) is 10.6 Å². The number of hydrogen-bond donors (Lipinski definition) is 2. The quantitative estimate of drug-likeness (QED) is 0.178. The Kier molecular flexibility index (Phi) is 7.93. The summed E-state index contributed by atoms with van der Waals surface area (Å²) in [5.74, 6) is -2.34. The summed E-state index contributed by atoms with van der Waals surface area (Å²) in [4.78, 5) is 61.1. The Morgan fingerprint density at radius 3 is 2.36 bits per heavy atom. The molecule has 39 heavy (non-hydrogen) atoms. The fourth-order valence-electron chi connectivity index (χ4n) is 3.64. The first kappa shape index (κ1) is 27.3. The van der Waals surface area contributed by atoms with Gasteiger partial charge in [0, 0.05) is 17.8 Å². The normalized spacial score (nSPS) is 14.3. The number of non-ortho nitro benzene ring substituents is 1. The average molecular weight is 569 g/mol. The average Bonchev–Trinajstić information content (AvgIpc) is 2.86. The van der Waals surface area contributed by atoms with Crippen molar-refractivity contribution in [2.45, 2.75) is 6.92 Å². The van der Waals surface area contributed by atoms with E-state index in [2.05, 4.69) is 10.6 Å². The molecule has 1 saturated heterocycles. The van der Waals surface area contributed by atoms with Crippen LogP contribution in [0.1, 0.15) is 11.1 Å². The highest BCUT2D eigenvalue weighted by Crippen LogP contribution is 2.35. The molecule has 0 bridgehead atoms. The van der Waals surface area contributed by atoms with Crippen LogP contribution in [0.25, 0.3) is 6.08 Å². The molecule has 1 aliphatic heterocycles. The van der Waals surface area contributed by atoms with Gasteiger partial charge in [-0.1, -0.05) is 35.3 Å². The Hall–Kier alpha value is -4.74. The van der Waals surface area contributed by atoms with Crippen LogP contribution in [0.4, 0.5) is 21.9 Å². The van der Waals surface area contributed by atoms with Gasteiger partial charge in [-0.05, 0) is 60.5 Å². The molecule has 0 aromatic heterocycles. The first-order valence-corrected chi connectivity index (χ1v) is 11.9. The number of imide groups is 2. The Bertz CT molecular complexity index is 1530. The molecule has 0 spiro atoms. The van der Waals surface area contributed by atoms with E-state index >= 15 is 0 Å². The molecule has 1 aliphatic rings. The smallest absolute Gasteiger partial charge is 0.335 e. The number of urea groups is 1. The molecular formula is C26H18Cl2N4O7. The van der Waals surface area contributed by atoms with Crippen molar-refractivity contribution >= 4 is 70.1 Å². The molecule has 5 amide bonds. The minimum atomic E-state index is -1.01. The fraction of sp³-hybridized carbons (Fsp3) is 0.0769. The highest BCUT2D eigenvalue weighted by molar-refractivity contribution is 6.40. The van der Waals surface area contributed by atoms with Crippen LogP contribution in [0.15, 0.2) is 66.2 Å². The number of rotatable bonds is 7. The summed E-state index contributed by atoms with van der Waals surface area (Å²) in [6, 6.07) is 13.6. The lowest BCUT2D eigenvalue weighted by Gasteiger charge is -2.26. The maximum atomic E-state index is 13.1. The number of benzene rings is 3. The van der Waals surface area contributed by atoms with E-state index in [-0.39, 0.29) is 39.3 Å². The van der Waals surface area contributed by atoms with Gasteiger partial charge in [-0.25, -0.2) is 9.69 Å². The zero-order valence-corrected chi connectivity index (χ0v) is 21.6. The van der Waals surface area contributed by atoms with Gasteiger partial charge >= 0.3 is 6.03 Å². The predicted molar refractivity (Wildman–Crippen MR) is 144 cm³/mol. The van der Waals surface area contributed by atoms with Gasteiger partial charge in [-0.2, -0.15) is 0 Å².